The number of likely N-dealkylation sites (N-methyl/N-ethyl adjacent to an activating group) is 1. The second-order valence-corrected chi connectivity index (χ2v) is 6.04. The van der Waals surface area contributed by atoms with Gasteiger partial charge in [-0.25, -0.2) is 0 Å². The second-order valence-electron chi connectivity index (χ2n) is 6.04. The van der Waals surface area contributed by atoms with Gasteiger partial charge in [0.2, 0.25) is 0 Å². The van der Waals surface area contributed by atoms with Gasteiger partial charge in [-0.15, -0.1) is 0 Å². The molecule has 3 heteroatoms. The monoisotopic (exact) mass is 262 g/mol. The van der Waals surface area contributed by atoms with E-state index in [2.05, 4.69) is 18.9 Å². The van der Waals surface area contributed by atoms with E-state index >= 15 is 0 Å². The number of aliphatic hydroxyl groups is 1. The van der Waals surface area contributed by atoms with Crippen molar-refractivity contribution in [2.24, 2.45) is 5.92 Å². The number of nitrogen functional groups attached to an aromatic ring is 1. The van der Waals surface area contributed by atoms with Gasteiger partial charge in [0.15, 0.2) is 0 Å². The minimum Gasteiger partial charge on any atom is -0.399 e. The molecule has 0 radical (unpaired) electrons. The van der Waals surface area contributed by atoms with Crippen LogP contribution in [0.25, 0.3) is 0 Å². The van der Waals surface area contributed by atoms with Crippen LogP contribution >= 0.6 is 0 Å². The second kappa shape index (κ2) is 6.40. The molecule has 1 aliphatic carbocycles. The molecule has 19 heavy (non-hydrogen) atoms. The van der Waals surface area contributed by atoms with Crippen LogP contribution in [0.3, 0.4) is 0 Å². The van der Waals surface area contributed by atoms with Crippen LogP contribution in [0.4, 0.5) is 5.69 Å². The lowest BCUT2D eigenvalue weighted by Gasteiger charge is -2.34. The van der Waals surface area contributed by atoms with Gasteiger partial charge < -0.3 is 15.7 Å². The molecule has 0 amide bonds. The number of nitrogens with zero attached hydrogens (tertiary/aromatic N) is 1. The van der Waals surface area contributed by atoms with Gasteiger partial charge in [-0.2, -0.15) is 0 Å². The first kappa shape index (κ1) is 14.4. The number of hydrogen-bond acceptors (Lipinski definition) is 3. The minimum atomic E-state index is -0.451. The fourth-order valence-electron chi connectivity index (χ4n) is 2.98. The van der Waals surface area contributed by atoms with Crippen molar-refractivity contribution in [1.29, 1.82) is 0 Å². The van der Waals surface area contributed by atoms with Gasteiger partial charge in [-0.05, 0) is 56.3 Å². The summed E-state index contributed by atoms with van der Waals surface area (Å²) in [6, 6.07) is 8.17. The molecule has 0 aliphatic heterocycles. The summed E-state index contributed by atoms with van der Waals surface area (Å²) in [6.07, 6.45) is 4.67. The zero-order valence-electron chi connectivity index (χ0n) is 12.0. The summed E-state index contributed by atoms with van der Waals surface area (Å²) < 4.78 is 0. The predicted molar refractivity (Wildman–Crippen MR) is 79.9 cm³/mol. The Labute approximate surface area is 116 Å². The molecule has 1 aromatic rings. The summed E-state index contributed by atoms with van der Waals surface area (Å²) in [6.45, 7) is 3.01. The molecule has 1 aromatic carbocycles. The quantitative estimate of drug-likeness (QED) is 0.820. The maximum Gasteiger partial charge on any atom is 0.0917 e. The highest BCUT2D eigenvalue weighted by Gasteiger charge is 2.23. The van der Waals surface area contributed by atoms with E-state index < -0.39 is 6.10 Å². The van der Waals surface area contributed by atoms with Gasteiger partial charge in [-0.3, -0.25) is 0 Å². The topological polar surface area (TPSA) is 49.5 Å². The number of nitrogens with two attached hydrogens (primary N) is 1. The molecule has 1 aliphatic rings. The Morgan fingerprint density at radius 2 is 2.00 bits per heavy atom. The van der Waals surface area contributed by atoms with E-state index in [1.807, 2.05) is 24.3 Å². The van der Waals surface area contributed by atoms with E-state index in [1.54, 1.807) is 0 Å². The Kier molecular flexibility index (Phi) is 4.83. The van der Waals surface area contributed by atoms with E-state index in [0.29, 0.717) is 18.3 Å². The normalized spacial score (nSPS) is 25.5. The zero-order valence-corrected chi connectivity index (χ0v) is 12.0. The zero-order chi connectivity index (χ0) is 13.8. The van der Waals surface area contributed by atoms with Gasteiger partial charge in [0.1, 0.15) is 0 Å². The third-order valence-electron chi connectivity index (χ3n) is 4.37. The Morgan fingerprint density at radius 1 is 1.32 bits per heavy atom. The van der Waals surface area contributed by atoms with Gasteiger partial charge in [-0.1, -0.05) is 19.1 Å². The Hall–Kier alpha value is -1.06. The van der Waals surface area contributed by atoms with E-state index in [4.69, 9.17) is 5.73 Å². The first-order chi connectivity index (χ1) is 9.06. The average Bonchev–Trinajstić information content (AvgIpc) is 2.39. The van der Waals surface area contributed by atoms with Gasteiger partial charge in [0.25, 0.3) is 0 Å². The lowest BCUT2D eigenvalue weighted by atomic mass is 9.86. The van der Waals surface area contributed by atoms with Crippen molar-refractivity contribution in [2.45, 2.75) is 44.8 Å². The third kappa shape index (κ3) is 3.95. The first-order valence-corrected chi connectivity index (χ1v) is 7.30. The molecule has 0 heterocycles. The van der Waals surface area contributed by atoms with Crippen LogP contribution in [0, 0.1) is 5.92 Å². The molecular formula is C16H26N2O. The van der Waals surface area contributed by atoms with Crippen molar-refractivity contribution in [3.63, 3.8) is 0 Å². The molecule has 1 atom stereocenters. The van der Waals surface area contributed by atoms with E-state index in [-0.39, 0.29) is 0 Å². The van der Waals surface area contributed by atoms with Crippen LogP contribution in [-0.2, 0) is 0 Å². The minimum absolute atomic E-state index is 0.451. The number of aliphatic hydroxyl groups excluding tert-OH is 1. The predicted octanol–water partition coefficient (Wildman–Crippen LogP) is 2.81. The van der Waals surface area contributed by atoms with Crippen molar-refractivity contribution in [2.75, 3.05) is 19.3 Å². The van der Waals surface area contributed by atoms with Crippen LogP contribution in [0.1, 0.15) is 44.3 Å². The van der Waals surface area contributed by atoms with Gasteiger partial charge in [0.05, 0.1) is 6.10 Å². The van der Waals surface area contributed by atoms with E-state index in [0.717, 1.165) is 11.5 Å². The largest absolute Gasteiger partial charge is 0.399 e. The van der Waals surface area contributed by atoms with Crippen molar-refractivity contribution in [1.82, 2.24) is 4.90 Å². The van der Waals surface area contributed by atoms with Crippen LogP contribution in [0.15, 0.2) is 24.3 Å². The van der Waals surface area contributed by atoms with Gasteiger partial charge >= 0.3 is 0 Å². The molecule has 1 fully saturated rings. The molecule has 2 rings (SSSR count). The smallest absolute Gasteiger partial charge is 0.0917 e. The van der Waals surface area contributed by atoms with Gasteiger partial charge in [0, 0.05) is 18.3 Å². The highest BCUT2D eigenvalue weighted by molar-refractivity contribution is 5.41. The SMILES string of the molecule is CC1CCC(N(C)CC(O)c2cccc(N)c2)CC1. The van der Waals surface area contributed by atoms with Crippen LogP contribution < -0.4 is 5.73 Å². The maximum absolute atomic E-state index is 10.3. The molecule has 0 spiro atoms. The number of benzene rings is 1. The van der Waals surface area contributed by atoms with Crippen molar-refractivity contribution in [3.8, 4) is 0 Å². The summed E-state index contributed by atoms with van der Waals surface area (Å²) in [5.74, 6) is 0.864. The maximum atomic E-state index is 10.3. The summed E-state index contributed by atoms with van der Waals surface area (Å²) in [5.41, 5.74) is 7.39. The highest BCUT2D eigenvalue weighted by atomic mass is 16.3. The molecule has 1 unspecified atom stereocenters. The molecule has 0 aromatic heterocycles. The summed E-state index contributed by atoms with van der Waals surface area (Å²) in [5, 5.41) is 10.3. The van der Waals surface area contributed by atoms with Crippen LogP contribution in [-0.4, -0.2) is 29.6 Å². The van der Waals surface area contributed by atoms with Crippen molar-refractivity contribution < 1.29 is 5.11 Å². The standard InChI is InChI=1S/C16H26N2O/c1-12-6-8-15(9-7-12)18(2)11-16(19)13-4-3-5-14(17)10-13/h3-5,10,12,15-16,19H,6-9,11,17H2,1-2H3. The molecule has 3 nitrogen and oxygen atoms in total. The number of rotatable bonds is 4. The highest BCUT2D eigenvalue weighted by Crippen LogP contribution is 2.27. The van der Waals surface area contributed by atoms with E-state index in [9.17, 15) is 5.11 Å². The van der Waals surface area contributed by atoms with Crippen LogP contribution in [0.2, 0.25) is 0 Å². The average molecular weight is 262 g/mol. The number of anilines is 1. The summed E-state index contributed by atoms with van der Waals surface area (Å²) in [4.78, 5) is 2.31. The lowest BCUT2D eigenvalue weighted by molar-refractivity contribution is 0.0857. The lowest BCUT2D eigenvalue weighted by Crippen LogP contribution is -2.37. The molecule has 106 valence electrons. The summed E-state index contributed by atoms with van der Waals surface area (Å²) >= 11 is 0. The molecule has 0 bridgehead atoms. The van der Waals surface area contributed by atoms with Crippen LogP contribution in [0.5, 0.6) is 0 Å². The Bertz CT molecular complexity index is 399. The molecular weight excluding hydrogens is 236 g/mol. The fraction of sp³-hybridized carbons (Fsp3) is 0.625. The third-order valence-corrected chi connectivity index (χ3v) is 4.37. The molecule has 3 N–H and O–H groups in total. The molecule has 1 saturated carbocycles. The Morgan fingerprint density at radius 3 is 2.63 bits per heavy atom. The molecule has 0 saturated heterocycles. The van der Waals surface area contributed by atoms with Crippen molar-refractivity contribution in [3.05, 3.63) is 29.8 Å². The number of hydrogen-bond donors (Lipinski definition) is 2. The van der Waals surface area contributed by atoms with Crippen molar-refractivity contribution >= 4 is 5.69 Å². The Balaban J connectivity index is 1.89. The summed E-state index contributed by atoms with van der Waals surface area (Å²) in [7, 11) is 2.12. The van der Waals surface area contributed by atoms with E-state index in [1.165, 1.54) is 25.7 Å². The fourth-order valence-corrected chi connectivity index (χ4v) is 2.98. The first-order valence-electron chi connectivity index (χ1n) is 7.30.